The highest BCUT2D eigenvalue weighted by Crippen LogP contribution is 2.36. The van der Waals surface area contributed by atoms with Crippen molar-refractivity contribution in [3.8, 4) is 11.3 Å². The van der Waals surface area contributed by atoms with Crippen molar-refractivity contribution in [3.63, 3.8) is 0 Å². The zero-order valence-corrected chi connectivity index (χ0v) is 22.0. The van der Waals surface area contributed by atoms with Crippen LogP contribution in [0.4, 0.5) is 0 Å². The number of benzene rings is 2. The number of aryl methyl sites for hydroxylation is 1. The van der Waals surface area contributed by atoms with Gasteiger partial charge in [0.25, 0.3) is 0 Å². The second kappa shape index (κ2) is 9.76. The van der Waals surface area contributed by atoms with Gasteiger partial charge in [-0.2, -0.15) is 0 Å². The van der Waals surface area contributed by atoms with Gasteiger partial charge in [-0.15, -0.1) is 4.72 Å². The second-order valence-electron chi connectivity index (χ2n) is 8.91. The average molecular weight is 547 g/mol. The quantitative estimate of drug-likeness (QED) is 0.209. The predicted molar refractivity (Wildman–Crippen MR) is 139 cm³/mol. The number of rotatable bonds is 6. The third-order valence-corrected chi connectivity index (χ3v) is 7.68. The largest absolute Gasteiger partial charge is 0.598 e. The molecular formula is C25H25BrClN3O2S. The van der Waals surface area contributed by atoms with Crippen LogP contribution in [0.2, 0.25) is 5.02 Å². The van der Waals surface area contributed by atoms with E-state index in [9.17, 15) is 4.55 Å². The molecule has 0 saturated heterocycles. The topological polar surface area (TPSA) is 74.0 Å². The van der Waals surface area contributed by atoms with Gasteiger partial charge in [-0.1, -0.05) is 47.1 Å². The predicted octanol–water partition coefficient (Wildman–Crippen LogP) is 6.95. The van der Waals surface area contributed by atoms with Crippen LogP contribution in [0.3, 0.4) is 0 Å². The second-order valence-corrected chi connectivity index (χ2v) is 12.2. The smallest absolute Gasteiger partial charge is 0.169 e. The lowest BCUT2D eigenvalue weighted by Gasteiger charge is -2.29. The van der Waals surface area contributed by atoms with Crippen molar-refractivity contribution < 1.29 is 9.08 Å². The van der Waals surface area contributed by atoms with Crippen molar-refractivity contribution >= 4 is 49.9 Å². The molecule has 0 fully saturated rings. The highest BCUT2D eigenvalue weighted by atomic mass is 79.9. The number of aromatic nitrogens is 2. The Labute approximate surface area is 210 Å². The lowest BCUT2D eigenvalue weighted by atomic mass is 9.93. The van der Waals surface area contributed by atoms with Crippen molar-refractivity contribution in [2.75, 3.05) is 0 Å². The molecule has 5 nitrogen and oxygen atoms in total. The van der Waals surface area contributed by atoms with Crippen molar-refractivity contribution in [2.24, 2.45) is 0 Å². The lowest BCUT2D eigenvalue weighted by Crippen LogP contribution is -2.42. The van der Waals surface area contributed by atoms with Gasteiger partial charge in [0.2, 0.25) is 0 Å². The summed E-state index contributed by atoms with van der Waals surface area (Å²) in [5, 5.41) is 5.82. The summed E-state index contributed by atoms with van der Waals surface area (Å²) >= 11 is 8.32. The number of hydrogen-bond donors (Lipinski definition) is 1. The van der Waals surface area contributed by atoms with Crippen LogP contribution in [0.1, 0.15) is 43.6 Å². The van der Waals surface area contributed by atoms with E-state index in [1.807, 2.05) is 76.2 Å². The molecule has 0 amide bonds. The highest BCUT2D eigenvalue weighted by Gasteiger charge is 2.32. The van der Waals surface area contributed by atoms with E-state index in [0.29, 0.717) is 17.0 Å². The Kier molecular flexibility index (Phi) is 7.17. The lowest BCUT2D eigenvalue weighted by molar-refractivity contribution is 0.459. The first-order valence-electron chi connectivity index (χ1n) is 10.6. The molecule has 0 aliphatic rings. The van der Waals surface area contributed by atoms with Gasteiger partial charge in [0.05, 0.1) is 6.04 Å². The summed E-state index contributed by atoms with van der Waals surface area (Å²) in [5.74, 6) is 0. The summed E-state index contributed by atoms with van der Waals surface area (Å²) < 4.78 is 22.4. The molecule has 0 saturated carbocycles. The van der Waals surface area contributed by atoms with Crippen molar-refractivity contribution in [1.29, 1.82) is 0 Å². The minimum atomic E-state index is -1.29. The molecule has 0 aliphatic heterocycles. The van der Waals surface area contributed by atoms with Crippen LogP contribution in [0.5, 0.6) is 0 Å². The molecule has 33 heavy (non-hydrogen) atoms. The first-order valence-corrected chi connectivity index (χ1v) is 12.9. The van der Waals surface area contributed by atoms with Gasteiger partial charge in [0.1, 0.15) is 15.0 Å². The molecule has 0 spiro atoms. The van der Waals surface area contributed by atoms with E-state index in [1.165, 1.54) is 0 Å². The molecule has 1 N–H and O–H groups in total. The molecule has 0 radical (unpaired) electrons. The van der Waals surface area contributed by atoms with Crippen LogP contribution in [0.15, 0.2) is 63.7 Å². The number of nitrogens with zero attached hydrogens (tertiary/aromatic N) is 2. The van der Waals surface area contributed by atoms with Crippen molar-refractivity contribution in [3.05, 3.63) is 81.0 Å². The molecule has 0 bridgehead atoms. The van der Waals surface area contributed by atoms with Gasteiger partial charge < -0.3 is 9.08 Å². The van der Waals surface area contributed by atoms with E-state index < -0.39 is 16.1 Å². The number of hydrogen-bond acceptors (Lipinski definition) is 5. The van der Waals surface area contributed by atoms with Crippen molar-refractivity contribution in [2.45, 2.75) is 44.9 Å². The summed E-state index contributed by atoms with van der Waals surface area (Å²) in [6, 6.07) is 17.2. The number of pyridine rings is 1. The first-order chi connectivity index (χ1) is 15.6. The van der Waals surface area contributed by atoms with E-state index in [-0.39, 0.29) is 6.04 Å². The van der Waals surface area contributed by atoms with Gasteiger partial charge >= 0.3 is 0 Å². The number of halogens is 2. The minimum Gasteiger partial charge on any atom is -0.598 e. The Morgan fingerprint density at radius 1 is 1.15 bits per heavy atom. The summed E-state index contributed by atoms with van der Waals surface area (Å²) in [5.41, 5.74) is 5.24. The molecular weight excluding hydrogens is 522 g/mol. The van der Waals surface area contributed by atoms with Crippen LogP contribution >= 0.6 is 27.5 Å². The van der Waals surface area contributed by atoms with E-state index >= 15 is 0 Å². The normalized spacial score (nSPS) is 13.9. The van der Waals surface area contributed by atoms with Crippen LogP contribution in [0.25, 0.3) is 22.2 Å². The molecule has 2 atom stereocenters. The van der Waals surface area contributed by atoms with Gasteiger partial charge in [0, 0.05) is 45.5 Å². The Morgan fingerprint density at radius 2 is 1.91 bits per heavy atom. The third kappa shape index (κ3) is 5.44. The summed E-state index contributed by atoms with van der Waals surface area (Å²) in [6.45, 7) is 7.90. The Hall–Kier alpha value is -1.90. The summed E-state index contributed by atoms with van der Waals surface area (Å²) in [4.78, 5) is 4.69. The van der Waals surface area contributed by atoms with Crippen molar-refractivity contribution in [1.82, 2.24) is 14.9 Å². The van der Waals surface area contributed by atoms with E-state index in [2.05, 4.69) is 30.8 Å². The maximum atomic E-state index is 13.2. The fourth-order valence-electron chi connectivity index (χ4n) is 3.59. The molecule has 2 heterocycles. The summed E-state index contributed by atoms with van der Waals surface area (Å²) in [6.07, 6.45) is 0.561. The Morgan fingerprint density at radius 3 is 2.67 bits per heavy atom. The molecule has 8 heteroatoms. The molecule has 2 aromatic heterocycles. The fourth-order valence-corrected chi connectivity index (χ4v) is 4.92. The number of fused-ring (bicyclic) bond motifs is 1. The molecule has 4 aromatic rings. The Bertz CT molecular complexity index is 1290. The SMILES string of the molecule is Cc1ccc(Br)nc1CC(N[S@@+]([O-])C(C)(C)C)c1ccccc1-c1noc2cc(Cl)ccc12. The van der Waals surface area contributed by atoms with Crippen LogP contribution < -0.4 is 4.72 Å². The van der Waals surface area contributed by atoms with E-state index in [0.717, 1.165) is 38.1 Å². The van der Waals surface area contributed by atoms with Gasteiger partial charge in [0.15, 0.2) is 5.58 Å². The molecule has 2 aromatic carbocycles. The average Bonchev–Trinajstić information content (AvgIpc) is 3.18. The maximum Gasteiger partial charge on any atom is 0.169 e. The fraction of sp³-hybridized carbons (Fsp3) is 0.280. The van der Waals surface area contributed by atoms with E-state index in [4.69, 9.17) is 16.1 Å². The molecule has 172 valence electrons. The molecule has 0 aliphatic carbocycles. The Balaban J connectivity index is 1.82. The zero-order valence-electron chi connectivity index (χ0n) is 18.9. The van der Waals surface area contributed by atoms with Crippen LogP contribution in [-0.4, -0.2) is 19.4 Å². The highest BCUT2D eigenvalue weighted by molar-refractivity contribution is 9.10. The van der Waals surface area contributed by atoms with Gasteiger partial charge in [-0.25, -0.2) is 4.98 Å². The molecule has 4 rings (SSSR count). The standard InChI is InChI=1S/C25H25BrClN3O2S/c1-15-9-12-23(26)28-20(15)14-21(30-33(31)25(2,3)4)17-7-5-6-8-18(17)24-19-11-10-16(27)13-22(19)32-29-24/h5-13,21,30H,14H2,1-4H3/t21?,33-/m0/s1. The first kappa shape index (κ1) is 24.2. The van der Waals surface area contributed by atoms with Gasteiger partial charge in [-0.05, 0) is 73.0 Å². The maximum absolute atomic E-state index is 13.2. The van der Waals surface area contributed by atoms with Gasteiger partial charge in [-0.3, -0.25) is 0 Å². The van der Waals surface area contributed by atoms with Crippen LogP contribution in [0, 0.1) is 6.92 Å². The monoisotopic (exact) mass is 545 g/mol. The minimum absolute atomic E-state index is 0.263. The summed E-state index contributed by atoms with van der Waals surface area (Å²) in [7, 11) is 0. The third-order valence-electron chi connectivity index (χ3n) is 5.40. The molecule has 1 unspecified atom stereocenters. The van der Waals surface area contributed by atoms with Crippen LogP contribution in [-0.2, 0) is 17.8 Å². The zero-order chi connectivity index (χ0) is 23.8. The number of nitrogens with one attached hydrogen (secondary N) is 1. The van der Waals surface area contributed by atoms with E-state index in [1.54, 1.807) is 6.07 Å².